The highest BCUT2D eigenvalue weighted by Crippen LogP contribution is 2.19. The summed E-state index contributed by atoms with van der Waals surface area (Å²) in [5, 5.41) is 4.05. The Morgan fingerprint density at radius 3 is 2.59 bits per heavy atom. The fourth-order valence-electron chi connectivity index (χ4n) is 3.23. The van der Waals surface area contributed by atoms with Crippen molar-refractivity contribution >= 4 is 28.4 Å². The molecule has 0 radical (unpaired) electrons. The number of benzene rings is 2. The molecule has 0 bridgehead atoms. The smallest absolute Gasteiger partial charge is 0.253 e. The number of rotatable bonds is 7. The Bertz CT molecular complexity index is 941. The molecule has 0 unspecified atom stereocenters. The molecular formula is C22H25N3O2. The van der Waals surface area contributed by atoms with Crippen molar-refractivity contribution in [2.75, 3.05) is 18.4 Å². The lowest BCUT2D eigenvalue weighted by Gasteiger charge is -2.19. The second-order valence-electron chi connectivity index (χ2n) is 6.47. The Balaban J connectivity index is 1.62. The number of aromatic amines is 1. The molecule has 27 heavy (non-hydrogen) atoms. The van der Waals surface area contributed by atoms with Crippen molar-refractivity contribution in [2.45, 2.75) is 26.7 Å². The highest BCUT2D eigenvalue weighted by molar-refractivity contribution is 5.97. The molecule has 0 spiro atoms. The number of nitrogens with one attached hydrogen (secondary N) is 2. The summed E-state index contributed by atoms with van der Waals surface area (Å²) in [6.07, 6.45) is 3.01. The molecule has 3 aromatic rings. The van der Waals surface area contributed by atoms with E-state index in [1.807, 2.05) is 44.3 Å². The van der Waals surface area contributed by atoms with Crippen LogP contribution in [0.15, 0.2) is 54.7 Å². The molecule has 5 heteroatoms. The number of hydrogen-bond donors (Lipinski definition) is 2. The lowest BCUT2D eigenvalue weighted by molar-refractivity contribution is -0.116. The van der Waals surface area contributed by atoms with Crippen LogP contribution >= 0.6 is 0 Å². The van der Waals surface area contributed by atoms with Crippen LogP contribution in [0.3, 0.4) is 0 Å². The first-order valence-corrected chi connectivity index (χ1v) is 9.36. The monoisotopic (exact) mass is 363 g/mol. The SMILES string of the molecule is CCN(CC)C(=O)c1cccc(NC(=O)CCc2c[nH]c3ccccc23)c1. The zero-order valence-corrected chi connectivity index (χ0v) is 15.8. The minimum absolute atomic E-state index is 0.0186. The third kappa shape index (κ3) is 4.37. The molecular weight excluding hydrogens is 338 g/mol. The van der Waals surface area contributed by atoms with Crippen LogP contribution in [-0.4, -0.2) is 34.8 Å². The number of nitrogens with zero attached hydrogens (tertiary/aromatic N) is 1. The predicted molar refractivity (Wildman–Crippen MR) is 109 cm³/mol. The average molecular weight is 363 g/mol. The molecule has 0 atom stereocenters. The molecule has 0 saturated heterocycles. The number of anilines is 1. The fraction of sp³-hybridized carbons (Fsp3) is 0.273. The van der Waals surface area contributed by atoms with Crippen LogP contribution < -0.4 is 5.32 Å². The van der Waals surface area contributed by atoms with Gasteiger partial charge in [-0.15, -0.1) is 0 Å². The van der Waals surface area contributed by atoms with Crippen molar-refractivity contribution in [3.8, 4) is 0 Å². The number of fused-ring (bicyclic) bond motifs is 1. The van der Waals surface area contributed by atoms with Gasteiger partial charge in [-0.25, -0.2) is 0 Å². The Labute approximate surface area is 159 Å². The first-order valence-electron chi connectivity index (χ1n) is 9.36. The summed E-state index contributed by atoms with van der Waals surface area (Å²) in [6, 6.07) is 15.2. The molecule has 2 N–H and O–H groups in total. The van der Waals surface area contributed by atoms with Crippen LogP contribution in [0.1, 0.15) is 36.2 Å². The fourth-order valence-corrected chi connectivity index (χ4v) is 3.23. The Morgan fingerprint density at radius 2 is 1.81 bits per heavy atom. The van der Waals surface area contributed by atoms with Gasteiger partial charge in [-0.05, 0) is 50.1 Å². The van der Waals surface area contributed by atoms with Gasteiger partial charge in [-0.2, -0.15) is 0 Å². The van der Waals surface area contributed by atoms with Crippen LogP contribution in [0.2, 0.25) is 0 Å². The molecule has 0 aliphatic heterocycles. The van der Waals surface area contributed by atoms with E-state index in [0.717, 1.165) is 16.5 Å². The molecule has 0 aliphatic carbocycles. The van der Waals surface area contributed by atoms with E-state index in [1.54, 1.807) is 23.1 Å². The van der Waals surface area contributed by atoms with E-state index in [2.05, 4.69) is 16.4 Å². The molecule has 2 aromatic carbocycles. The average Bonchev–Trinajstić information content (AvgIpc) is 3.10. The summed E-state index contributed by atoms with van der Waals surface area (Å²) in [5.41, 5.74) is 3.45. The van der Waals surface area contributed by atoms with Gasteiger partial charge in [-0.1, -0.05) is 24.3 Å². The second-order valence-corrected chi connectivity index (χ2v) is 6.47. The number of aromatic nitrogens is 1. The number of amides is 2. The zero-order chi connectivity index (χ0) is 19.2. The maximum Gasteiger partial charge on any atom is 0.253 e. The number of hydrogen-bond acceptors (Lipinski definition) is 2. The van der Waals surface area contributed by atoms with Gasteiger partial charge in [-0.3, -0.25) is 9.59 Å². The van der Waals surface area contributed by atoms with Gasteiger partial charge in [0.1, 0.15) is 0 Å². The standard InChI is InChI=1S/C22H25N3O2/c1-3-25(4-2)22(27)16-8-7-9-18(14-16)24-21(26)13-12-17-15-23-20-11-6-5-10-19(17)20/h5-11,14-15,23H,3-4,12-13H2,1-2H3,(H,24,26). The number of aryl methyl sites for hydroxylation is 1. The van der Waals surface area contributed by atoms with E-state index in [4.69, 9.17) is 0 Å². The zero-order valence-electron chi connectivity index (χ0n) is 15.8. The van der Waals surface area contributed by atoms with Crippen molar-refractivity contribution in [2.24, 2.45) is 0 Å². The number of H-pyrrole nitrogens is 1. The van der Waals surface area contributed by atoms with E-state index >= 15 is 0 Å². The van der Waals surface area contributed by atoms with E-state index < -0.39 is 0 Å². The maximum atomic E-state index is 12.5. The van der Waals surface area contributed by atoms with Crippen molar-refractivity contribution in [3.05, 3.63) is 65.9 Å². The molecule has 0 aliphatic rings. The van der Waals surface area contributed by atoms with Crippen LogP contribution in [0.5, 0.6) is 0 Å². The predicted octanol–water partition coefficient (Wildman–Crippen LogP) is 4.22. The van der Waals surface area contributed by atoms with Crippen LogP contribution in [0.25, 0.3) is 10.9 Å². The first-order chi connectivity index (χ1) is 13.1. The quantitative estimate of drug-likeness (QED) is 0.660. The molecule has 1 heterocycles. The number of carbonyl (C=O) groups excluding carboxylic acids is 2. The molecule has 3 rings (SSSR count). The van der Waals surface area contributed by atoms with E-state index in [-0.39, 0.29) is 11.8 Å². The third-order valence-electron chi connectivity index (χ3n) is 4.74. The Morgan fingerprint density at radius 1 is 1.04 bits per heavy atom. The topological polar surface area (TPSA) is 65.2 Å². The van der Waals surface area contributed by atoms with Crippen molar-refractivity contribution in [1.82, 2.24) is 9.88 Å². The first kappa shape index (κ1) is 18.7. The highest BCUT2D eigenvalue weighted by Gasteiger charge is 2.13. The van der Waals surface area contributed by atoms with Crippen LogP contribution in [0, 0.1) is 0 Å². The lowest BCUT2D eigenvalue weighted by atomic mass is 10.1. The van der Waals surface area contributed by atoms with E-state index in [0.29, 0.717) is 37.2 Å². The van der Waals surface area contributed by atoms with Gasteiger partial charge in [0.15, 0.2) is 0 Å². The summed E-state index contributed by atoms with van der Waals surface area (Å²) in [6.45, 7) is 5.24. The van der Waals surface area contributed by atoms with Gasteiger partial charge in [0, 0.05) is 47.9 Å². The highest BCUT2D eigenvalue weighted by atomic mass is 16.2. The number of carbonyl (C=O) groups is 2. The largest absolute Gasteiger partial charge is 0.361 e. The van der Waals surface area contributed by atoms with Gasteiger partial charge in [0.25, 0.3) is 5.91 Å². The van der Waals surface area contributed by atoms with E-state index in [9.17, 15) is 9.59 Å². The maximum absolute atomic E-state index is 12.5. The minimum atomic E-state index is -0.0623. The van der Waals surface area contributed by atoms with Crippen molar-refractivity contribution in [3.63, 3.8) is 0 Å². The minimum Gasteiger partial charge on any atom is -0.361 e. The molecule has 2 amide bonds. The van der Waals surface area contributed by atoms with Crippen molar-refractivity contribution in [1.29, 1.82) is 0 Å². The van der Waals surface area contributed by atoms with Gasteiger partial charge < -0.3 is 15.2 Å². The molecule has 5 nitrogen and oxygen atoms in total. The Kier molecular flexibility index (Phi) is 5.91. The molecule has 0 fully saturated rings. The summed E-state index contributed by atoms with van der Waals surface area (Å²) >= 11 is 0. The Hall–Kier alpha value is -3.08. The molecule has 1 aromatic heterocycles. The van der Waals surface area contributed by atoms with Crippen LogP contribution in [0.4, 0.5) is 5.69 Å². The lowest BCUT2D eigenvalue weighted by Crippen LogP contribution is -2.30. The van der Waals surface area contributed by atoms with Gasteiger partial charge in [0.2, 0.25) is 5.91 Å². The normalized spacial score (nSPS) is 10.7. The summed E-state index contributed by atoms with van der Waals surface area (Å²) in [5.74, 6) is -0.0809. The van der Waals surface area contributed by atoms with Gasteiger partial charge in [0.05, 0.1) is 0 Å². The summed E-state index contributed by atoms with van der Waals surface area (Å²) in [4.78, 5) is 29.8. The summed E-state index contributed by atoms with van der Waals surface area (Å²) < 4.78 is 0. The number of para-hydroxylation sites is 1. The molecule has 140 valence electrons. The van der Waals surface area contributed by atoms with Crippen molar-refractivity contribution < 1.29 is 9.59 Å². The molecule has 0 saturated carbocycles. The van der Waals surface area contributed by atoms with Crippen LogP contribution in [-0.2, 0) is 11.2 Å². The second kappa shape index (κ2) is 8.54. The van der Waals surface area contributed by atoms with E-state index in [1.165, 1.54) is 0 Å². The van der Waals surface area contributed by atoms with Gasteiger partial charge >= 0.3 is 0 Å². The third-order valence-corrected chi connectivity index (χ3v) is 4.74. The summed E-state index contributed by atoms with van der Waals surface area (Å²) in [7, 11) is 0.